The van der Waals surface area contributed by atoms with Crippen LogP contribution in [0, 0.1) is 5.92 Å². The fourth-order valence-corrected chi connectivity index (χ4v) is 3.10. The molecule has 0 heterocycles. The summed E-state index contributed by atoms with van der Waals surface area (Å²) in [4.78, 5) is 38.1. The normalized spacial score (nSPS) is 15.2. The Morgan fingerprint density at radius 3 is 2.13 bits per heavy atom. The molecule has 1 saturated carbocycles. The molecular formula is C24H28N2O4. The molecule has 158 valence electrons. The van der Waals surface area contributed by atoms with Gasteiger partial charge in [0.2, 0.25) is 12.0 Å². The van der Waals surface area contributed by atoms with Crippen molar-refractivity contribution in [3.63, 3.8) is 0 Å². The molecule has 1 aliphatic carbocycles. The van der Waals surface area contributed by atoms with E-state index in [9.17, 15) is 14.4 Å². The summed E-state index contributed by atoms with van der Waals surface area (Å²) in [6.45, 7) is 3.66. The van der Waals surface area contributed by atoms with Crippen molar-refractivity contribution in [1.29, 1.82) is 0 Å². The SMILES string of the molecule is CC(C)[C@H](NC(=O)Cc1ccccc1)C(=O)O[C@H](C(=O)NC1CC1)c1ccccc1. The lowest BCUT2D eigenvalue weighted by molar-refractivity contribution is -0.160. The fraction of sp³-hybridized carbons (Fsp3) is 0.375. The van der Waals surface area contributed by atoms with E-state index in [4.69, 9.17) is 4.74 Å². The first-order chi connectivity index (χ1) is 14.4. The minimum absolute atomic E-state index is 0.147. The number of ether oxygens (including phenoxy) is 1. The highest BCUT2D eigenvalue weighted by Gasteiger charge is 2.34. The van der Waals surface area contributed by atoms with Crippen LogP contribution in [0.4, 0.5) is 0 Å². The highest BCUT2D eigenvalue weighted by molar-refractivity contribution is 5.89. The number of hydrogen-bond donors (Lipinski definition) is 2. The van der Waals surface area contributed by atoms with E-state index in [1.165, 1.54) is 0 Å². The maximum Gasteiger partial charge on any atom is 0.330 e. The van der Waals surface area contributed by atoms with Gasteiger partial charge in [0.1, 0.15) is 6.04 Å². The molecule has 0 saturated heterocycles. The van der Waals surface area contributed by atoms with Crippen molar-refractivity contribution in [2.75, 3.05) is 0 Å². The third-order valence-electron chi connectivity index (χ3n) is 4.94. The van der Waals surface area contributed by atoms with Crippen LogP contribution < -0.4 is 10.6 Å². The molecule has 2 atom stereocenters. The predicted molar refractivity (Wildman–Crippen MR) is 113 cm³/mol. The molecule has 30 heavy (non-hydrogen) atoms. The van der Waals surface area contributed by atoms with Crippen molar-refractivity contribution in [1.82, 2.24) is 10.6 Å². The molecule has 0 bridgehead atoms. The topological polar surface area (TPSA) is 84.5 Å². The van der Waals surface area contributed by atoms with Gasteiger partial charge in [0.05, 0.1) is 6.42 Å². The van der Waals surface area contributed by atoms with Gasteiger partial charge in [-0.2, -0.15) is 0 Å². The number of amides is 2. The average Bonchev–Trinajstić information content (AvgIpc) is 3.55. The Kier molecular flexibility index (Phi) is 7.22. The number of hydrogen-bond acceptors (Lipinski definition) is 4. The largest absolute Gasteiger partial charge is 0.446 e. The predicted octanol–water partition coefficient (Wildman–Crippen LogP) is 2.93. The highest BCUT2D eigenvalue weighted by atomic mass is 16.5. The molecule has 0 spiro atoms. The summed E-state index contributed by atoms with van der Waals surface area (Å²) in [7, 11) is 0. The van der Waals surface area contributed by atoms with Crippen LogP contribution in [0.25, 0.3) is 0 Å². The van der Waals surface area contributed by atoms with Gasteiger partial charge in [0.15, 0.2) is 0 Å². The molecule has 2 aromatic rings. The molecule has 1 fully saturated rings. The Morgan fingerprint density at radius 2 is 1.57 bits per heavy atom. The van der Waals surface area contributed by atoms with Gasteiger partial charge >= 0.3 is 5.97 Å². The van der Waals surface area contributed by atoms with Gasteiger partial charge in [-0.15, -0.1) is 0 Å². The maximum atomic E-state index is 12.9. The van der Waals surface area contributed by atoms with Crippen LogP contribution in [-0.2, 0) is 25.5 Å². The lowest BCUT2D eigenvalue weighted by atomic mass is 10.0. The monoisotopic (exact) mass is 408 g/mol. The Hall–Kier alpha value is -3.15. The third kappa shape index (κ3) is 6.17. The molecule has 2 N–H and O–H groups in total. The Bertz CT molecular complexity index is 863. The quantitative estimate of drug-likeness (QED) is 0.625. The van der Waals surface area contributed by atoms with E-state index in [2.05, 4.69) is 10.6 Å². The van der Waals surface area contributed by atoms with Gasteiger partial charge < -0.3 is 15.4 Å². The number of nitrogens with one attached hydrogen (secondary N) is 2. The summed E-state index contributed by atoms with van der Waals surface area (Å²) in [6, 6.07) is 17.5. The molecule has 2 aromatic carbocycles. The molecule has 6 nitrogen and oxygen atoms in total. The molecule has 0 aliphatic heterocycles. The number of benzene rings is 2. The zero-order chi connectivity index (χ0) is 21.5. The van der Waals surface area contributed by atoms with E-state index in [-0.39, 0.29) is 30.2 Å². The first kappa shape index (κ1) is 21.6. The third-order valence-corrected chi connectivity index (χ3v) is 4.94. The fourth-order valence-electron chi connectivity index (χ4n) is 3.10. The van der Waals surface area contributed by atoms with E-state index in [1.807, 2.05) is 50.2 Å². The minimum atomic E-state index is -1.05. The number of esters is 1. The molecular weight excluding hydrogens is 380 g/mol. The summed E-state index contributed by atoms with van der Waals surface area (Å²) < 4.78 is 5.64. The molecule has 3 rings (SSSR count). The van der Waals surface area contributed by atoms with Gasteiger partial charge in [-0.3, -0.25) is 9.59 Å². The van der Waals surface area contributed by atoms with Crippen LogP contribution in [0.15, 0.2) is 60.7 Å². The second-order valence-corrected chi connectivity index (χ2v) is 7.96. The number of carbonyl (C=O) groups is 3. The molecule has 1 aliphatic rings. The molecule has 2 amide bonds. The Labute approximate surface area is 177 Å². The standard InChI is InChI=1S/C24H28N2O4/c1-16(2)21(26-20(27)15-17-9-5-3-6-10-17)24(29)30-22(18-11-7-4-8-12-18)23(28)25-19-13-14-19/h3-12,16,19,21-22H,13-15H2,1-2H3,(H,25,28)(H,26,27)/t21-,22-/m0/s1. The first-order valence-corrected chi connectivity index (χ1v) is 10.3. The zero-order valence-corrected chi connectivity index (χ0v) is 17.3. The van der Waals surface area contributed by atoms with Gasteiger partial charge in [0.25, 0.3) is 5.91 Å². The van der Waals surface area contributed by atoms with E-state index in [1.54, 1.807) is 24.3 Å². The molecule has 0 aromatic heterocycles. The van der Waals surface area contributed by atoms with Crippen molar-refractivity contribution < 1.29 is 19.1 Å². The van der Waals surface area contributed by atoms with E-state index in [0.29, 0.717) is 5.56 Å². The van der Waals surface area contributed by atoms with Crippen molar-refractivity contribution >= 4 is 17.8 Å². The maximum absolute atomic E-state index is 12.9. The van der Waals surface area contributed by atoms with Crippen LogP contribution in [-0.4, -0.2) is 29.9 Å². The Morgan fingerprint density at radius 1 is 0.967 bits per heavy atom. The molecule has 0 radical (unpaired) electrons. The van der Waals surface area contributed by atoms with Crippen molar-refractivity contribution in [2.45, 2.75) is 51.3 Å². The average molecular weight is 408 g/mol. The summed E-state index contributed by atoms with van der Waals surface area (Å²) in [5.74, 6) is -1.42. The number of carbonyl (C=O) groups excluding carboxylic acids is 3. The van der Waals surface area contributed by atoms with Crippen LogP contribution >= 0.6 is 0 Å². The first-order valence-electron chi connectivity index (χ1n) is 10.3. The number of rotatable bonds is 9. The van der Waals surface area contributed by atoms with Crippen molar-refractivity contribution in [2.24, 2.45) is 5.92 Å². The van der Waals surface area contributed by atoms with Crippen molar-refractivity contribution in [3.05, 3.63) is 71.8 Å². The van der Waals surface area contributed by atoms with Gasteiger partial charge in [-0.05, 0) is 24.3 Å². The summed E-state index contributed by atoms with van der Waals surface area (Å²) in [5, 5.41) is 5.66. The van der Waals surface area contributed by atoms with Crippen molar-refractivity contribution in [3.8, 4) is 0 Å². The zero-order valence-electron chi connectivity index (χ0n) is 17.3. The summed E-state index contributed by atoms with van der Waals surface area (Å²) >= 11 is 0. The second-order valence-electron chi connectivity index (χ2n) is 7.96. The lowest BCUT2D eigenvalue weighted by Crippen LogP contribution is -2.47. The lowest BCUT2D eigenvalue weighted by Gasteiger charge is -2.24. The Balaban J connectivity index is 1.69. The molecule has 6 heteroatoms. The van der Waals surface area contributed by atoms with E-state index < -0.39 is 18.1 Å². The van der Waals surface area contributed by atoms with Crippen LogP contribution in [0.1, 0.15) is 43.9 Å². The van der Waals surface area contributed by atoms with Crippen LogP contribution in [0.5, 0.6) is 0 Å². The van der Waals surface area contributed by atoms with Crippen LogP contribution in [0.2, 0.25) is 0 Å². The smallest absolute Gasteiger partial charge is 0.330 e. The van der Waals surface area contributed by atoms with Gasteiger partial charge in [-0.25, -0.2) is 4.79 Å². The van der Waals surface area contributed by atoms with Gasteiger partial charge in [0, 0.05) is 11.6 Å². The van der Waals surface area contributed by atoms with Gasteiger partial charge in [-0.1, -0.05) is 74.5 Å². The molecule has 0 unspecified atom stereocenters. The second kappa shape index (κ2) is 10.1. The van der Waals surface area contributed by atoms with Crippen LogP contribution in [0.3, 0.4) is 0 Å². The van der Waals surface area contributed by atoms with E-state index >= 15 is 0 Å². The summed E-state index contributed by atoms with van der Waals surface area (Å²) in [6.07, 6.45) is 0.991. The minimum Gasteiger partial charge on any atom is -0.446 e. The van der Waals surface area contributed by atoms with E-state index in [0.717, 1.165) is 18.4 Å². The highest BCUT2D eigenvalue weighted by Crippen LogP contribution is 2.24. The summed E-state index contributed by atoms with van der Waals surface area (Å²) in [5.41, 5.74) is 1.46.